The fraction of sp³-hybridized carbons (Fsp3) is 0.611. The molecule has 0 radical (unpaired) electrons. The third kappa shape index (κ3) is 3.50. The second-order valence-corrected chi connectivity index (χ2v) is 6.64. The molecule has 120 valence electrons. The molecule has 1 saturated heterocycles. The highest BCUT2D eigenvalue weighted by molar-refractivity contribution is 5.78. The Kier molecular flexibility index (Phi) is 4.79. The van der Waals surface area contributed by atoms with Gasteiger partial charge in [0.05, 0.1) is 12.5 Å². The average molecular weight is 302 g/mol. The predicted molar refractivity (Wildman–Crippen MR) is 86.7 cm³/mol. The number of aliphatic hydroxyl groups excluding tert-OH is 1. The fourth-order valence-corrected chi connectivity index (χ4v) is 3.64. The van der Waals surface area contributed by atoms with Gasteiger partial charge in [0, 0.05) is 32.2 Å². The number of piperazine rings is 1. The molecule has 1 heterocycles. The molecule has 2 fully saturated rings. The van der Waals surface area contributed by atoms with E-state index in [1.54, 1.807) is 0 Å². The second kappa shape index (κ2) is 6.80. The summed E-state index contributed by atoms with van der Waals surface area (Å²) in [6.07, 6.45) is 3.47. The summed E-state index contributed by atoms with van der Waals surface area (Å²) >= 11 is 0. The normalized spacial score (nSPS) is 26.4. The average Bonchev–Trinajstić information content (AvgIpc) is 2.96. The van der Waals surface area contributed by atoms with E-state index in [-0.39, 0.29) is 12.0 Å². The highest BCUT2D eigenvalue weighted by Gasteiger charge is 2.33. The Morgan fingerprint density at radius 2 is 1.82 bits per heavy atom. The minimum absolute atomic E-state index is 0.171. The largest absolute Gasteiger partial charge is 0.391 e. The first kappa shape index (κ1) is 15.5. The van der Waals surface area contributed by atoms with Crippen LogP contribution in [0.15, 0.2) is 24.3 Å². The van der Waals surface area contributed by atoms with E-state index in [0.717, 1.165) is 51.0 Å². The van der Waals surface area contributed by atoms with Crippen LogP contribution in [0.5, 0.6) is 0 Å². The molecule has 4 nitrogen and oxygen atoms in total. The van der Waals surface area contributed by atoms with Crippen LogP contribution in [0.4, 0.5) is 0 Å². The van der Waals surface area contributed by atoms with Crippen LogP contribution in [-0.2, 0) is 11.2 Å². The topological polar surface area (TPSA) is 43.8 Å². The quantitative estimate of drug-likeness (QED) is 0.922. The highest BCUT2D eigenvalue weighted by atomic mass is 16.3. The summed E-state index contributed by atoms with van der Waals surface area (Å²) in [5.74, 6) is 0.218. The highest BCUT2D eigenvalue weighted by Crippen LogP contribution is 2.25. The Hall–Kier alpha value is -1.39. The Morgan fingerprint density at radius 3 is 2.41 bits per heavy atom. The van der Waals surface area contributed by atoms with Crippen LogP contribution < -0.4 is 0 Å². The zero-order valence-corrected chi connectivity index (χ0v) is 13.4. The van der Waals surface area contributed by atoms with Crippen molar-refractivity contribution in [3.05, 3.63) is 35.4 Å². The predicted octanol–water partition coefficient (Wildman–Crippen LogP) is 1.60. The van der Waals surface area contributed by atoms with Gasteiger partial charge in [-0.3, -0.25) is 9.69 Å². The first-order valence-electron chi connectivity index (χ1n) is 8.39. The number of nitrogens with zero attached hydrogens (tertiary/aromatic N) is 2. The van der Waals surface area contributed by atoms with E-state index < -0.39 is 0 Å². The van der Waals surface area contributed by atoms with Crippen molar-refractivity contribution in [2.45, 2.75) is 44.8 Å². The molecule has 2 atom stereocenters. The molecule has 1 saturated carbocycles. The minimum Gasteiger partial charge on any atom is -0.391 e. The summed E-state index contributed by atoms with van der Waals surface area (Å²) < 4.78 is 0. The lowest BCUT2D eigenvalue weighted by atomic mass is 10.1. The lowest BCUT2D eigenvalue weighted by Gasteiger charge is -2.39. The van der Waals surface area contributed by atoms with Gasteiger partial charge in [-0.2, -0.15) is 0 Å². The molecule has 0 aromatic heterocycles. The van der Waals surface area contributed by atoms with Crippen LogP contribution in [0.25, 0.3) is 0 Å². The standard InChI is InChI=1S/C18H26N2O2/c1-14-5-7-15(8-6-14)13-18(22)20-11-9-19(10-12-20)16-3-2-4-17(16)21/h5-8,16-17,21H,2-4,9-13H2,1H3/t16-,17-/m0/s1. The number of carbonyl (C=O) groups is 1. The van der Waals surface area contributed by atoms with Crippen molar-refractivity contribution < 1.29 is 9.90 Å². The first-order chi connectivity index (χ1) is 10.6. The number of benzene rings is 1. The molecule has 2 aliphatic rings. The number of carbonyl (C=O) groups excluding carboxylic acids is 1. The maximum Gasteiger partial charge on any atom is 0.227 e. The van der Waals surface area contributed by atoms with E-state index in [1.165, 1.54) is 5.56 Å². The van der Waals surface area contributed by atoms with Crippen molar-refractivity contribution in [1.29, 1.82) is 0 Å². The Morgan fingerprint density at radius 1 is 1.14 bits per heavy atom. The van der Waals surface area contributed by atoms with E-state index in [1.807, 2.05) is 17.0 Å². The third-order valence-corrected chi connectivity index (χ3v) is 5.06. The summed E-state index contributed by atoms with van der Waals surface area (Å²) in [7, 11) is 0. The minimum atomic E-state index is -0.171. The molecule has 0 spiro atoms. The number of hydrogen-bond acceptors (Lipinski definition) is 3. The number of hydrogen-bond donors (Lipinski definition) is 1. The Labute approximate surface area is 132 Å². The van der Waals surface area contributed by atoms with Gasteiger partial charge >= 0.3 is 0 Å². The summed E-state index contributed by atoms with van der Waals surface area (Å²) in [4.78, 5) is 16.7. The molecule has 3 rings (SSSR count). The van der Waals surface area contributed by atoms with Crippen molar-refractivity contribution >= 4 is 5.91 Å². The monoisotopic (exact) mass is 302 g/mol. The van der Waals surface area contributed by atoms with Gasteiger partial charge in [-0.15, -0.1) is 0 Å². The molecule has 0 unspecified atom stereocenters. The zero-order valence-electron chi connectivity index (χ0n) is 13.4. The lowest BCUT2D eigenvalue weighted by Crippen LogP contribution is -2.53. The molecule has 1 aliphatic heterocycles. The number of aryl methyl sites for hydroxylation is 1. The molecular weight excluding hydrogens is 276 g/mol. The first-order valence-corrected chi connectivity index (χ1v) is 8.39. The van der Waals surface area contributed by atoms with Crippen molar-refractivity contribution in [2.24, 2.45) is 0 Å². The Bertz CT molecular complexity index is 506. The van der Waals surface area contributed by atoms with Crippen LogP contribution in [-0.4, -0.2) is 59.1 Å². The molecule has 1 N–H and O–H groups in total. The summed E-state index contributed by atoms with van der Waals surface area (Å²) in [5.41, 5.74) is 2.31. The number of aliphatic hydroxyl groups is 1. The molecule has 1 aromatic carbocycles. The van der Waals surface area contributed by atoms with Crippen LogP contribution in [0.1, 0.15) is 30.4 Å². The summed E-state index contributed by atoms with van der Waals surface area (Å²) in [6.45, 7) is 5.41. The van der Waals surface area contributed by atoms with Gasteiger partial charge in [0.15, 0.2) is 0 Å². The van der Waals surface area contributed by atoms with Crippen LogP contribution >= 0.6 is 0 Å². The number of amides is 1. The van der Waals surface area contributed by atoms with Crippen LogP contribution in [0.3, 0.4) is 0 Å². The zero-order chi connectivity index (χ0) is 15.5. The molecular formula is C18H26N2O2. The Balaban J connectivity index is 1.50. The van der Waals surface area contributed by atoms with Crippen molar-refractivity contribution in [3.8, 4) is 0 Å². The van der Waals surface area contributed by atoms with Crippen molar-refractivity contribution in [2.75, 3.05) is 26.2 Å². The van der Waals surface area contributed by atoms with E-state index >= 15 is 0 Å². The van der Waals surface area contributed by atoms with Crippen molar-refractivity contribution in [3.63, 3.8) is 0 Å². The van der Waals surface area contributed by atoms with Crippen molar-refractivity contribution in [1.82, 2.24) is 9.80 Å². The van der Waals surface area contributed by atoms with Gasteiger partial charge in [0.25, 0.3) is 0 Å². The summed E-state index contributed by atoms with van der Waals surface area (Å²) in [6, 6.07) is 8.51. The second-order valence-electron chi connectivity index (χ2n) is 6.64. The maximum absolute atomic E-state index is 12.4. The summed E-state index contributed by atoms with van der Waals surface area (Å²) in [5, 5.41) is 10.0. The van der Waals surface area contributed by atoms with E-state index in [0.29, 0.717) is 12.5 Å². The van der Waals surface area contributed by atoms with Gasteiger partial charge in [0.1, 0.15) is 0 Å². The van der Waals surface area contributed by atoms with E-state index in [2.05, 4.69) is 24.0 Å². The van der Waals surface area contributed by atoms with E-state index in [4.69, 9.17) is 0 Å². The van der Waals surface area contributed by atoms with Gasteiger partial charge in [0.2, 0.25) is 5.91 Å². The smallest absolute Gasteiger partial charge is 0.227 e. The molecule has 1 amide bonds. The van der Waals surface area contributed by atoms with Gasteiger partial charge < -0.3 is 10.0 Å². The fourth-order valence-electron chi connectivity index (χ4n) is 3.64. The van der Waals surface area contributed by atoms with Gasteiger partial charge in [-0.25, -0.2) is 0 Å². The number of rotatable bonds is 3. The molecule has 0 bridgehead atoms. The molecule has 1 aliphatic carbocycles. The maximum atomic E-state index is 12.4. The van der Waals surface area contributed by atoms with Crippen LogP contribution in [0.2, 0.25) is 0 Å². The SMILES string of the molecule is Cc1ccc(CC(=O)N2CCN([C@H]3CCC[C@@H]3O)CC2)cc1. The third-order valence-electron chi connectivity index (χ3n) is 5.06. The van der Waals surface area contributed by atoms with E-state index in [9.17, 15) is 9.90 Å². The van der Waals surface area contributed by atoms with Gasteiger partial charge in [-0.1, -0.05) is 29.8 Å². The van der Waals surface area contributed by atoms with Gasteiger partial charge in [-0.05, 0) is 31.7 Å². The van der Waals surface area contributed by atoms with Crippen LogP contribution in [0, 0.1) is 6.92 Å². The lowest BCUT2D eigenvalue weighted by molar-refractivity contribution is -0.132. The molecule has 1 aromatic rings. The molecule has 22 heavy (non-hydrogen) atoms. The molecule has 4 heteroatoms.